The number of hydrogen-bond acceptors (Lipinski definition) is 4. The summed E-state index contributed by atoms with van der Waals surface area (Å²) in [5.41, 5.74) is 1.20. The van der Waals surface area contributed by atoms with E-state index in [0.29, 0.717) is 29.9 Å². The van der Waals surface area contributed by atoms with Crippen LogP contribution in [0, 0.1) is 5.92 Å². The molecule has 22 heavy (non-hydrogen) atoms. The highest BCUT2D eigenvalue weighted by molar-refractivity contribution is 6.32. The molecule has 1 atom stereocenters. The van der Waals surface area contributed by atoms with E-state index in [-0.39, 0.29) is 0 Å². The maximum absolute atomic E-state index is 6.34. The van der Waals surface area contributed by atoms with Gasteiger partial charge in [-0.05, 0) is 43.5 Å². The molecule has 2 heterocycles. The zero-order chi connectivity index (χ0) is 15.4. The fourth-order valence-electron chi connectivity index (χ4n) is 3.01. The van der Waals surface area contributed by atoms with Crippen LogP contribution in [0.2, 0.25) is 5.02 Å². The average molecular weight is 326 g/mol. The third-order valence-corrected chi connectivity index (χ3v) is 4.52. The first-order valence-electron chi connectivity index (χ1n) is 8.06. The average Bonchev–Trinajstić information content (AvgIpc) is 2.88. The second-order valence-corrected chi connectivity index (χ2v) is 6.60. The highest BCUT2D eigenvalue weighted by atomic mass is 35.5. The van der Waals surface area contributed by atoms with Crippen molar-refractivity contribution in [2.75, 3.05) is 46.6 Å². The summed E-state index contributed by atoms with van der Waals surface area (Å²) in [6.07, 6.45) is 3.03. The Balaban J connectivity index is 1.58. The lowest BCUT2D eigenvalue weighted by Crippen LogP contribution is -2.28. The molecule has 1 aromatic rings. The highest BCUT2D eigenvalue weighted by Gasteiger charge is 2.18. The fourth-order valence-corrected chi connectivity index (χ4v) is 3.30. The summed E-state index contributed by atoms with van der Waals surface area (Å²) in [5.74, 6) is 2.16. The van der Waals surface area contributed by atoms with Crippen molar-refractivity contribution in [2.45, 2.75) is 19.3 Å². The summed E-state index contributed by atoms with van der Waals surface area (Å²) in [7, 11) is 2.17. The minimum absolute atomic E-state index is 0.654. The first-order chi connectivity index (χ1) is 10.7. The van der Waals surface area contributed by atoms with Gasteiger partial charge in [-0.15, -0.1) is 0 Å². The molecule has 0 aliphatic carbocycles. The fraction of sp³-hybridized carbons (Fsp3) is 0.647. The Morgan fingerprint density at radius 2 is 2.09 bits per heavy atom. The van der Waals surface area contributed by atoms with Crippen LogP contribution in [0.15, 0.2) is 12.1 Å². The molecule has 1 aromatic carbocycles. The van der Waals surface area contributed by atoms with Crippen molar-refractivity contribution in [1.29, 1.82) is 0 Å². The molecule has 0 aromatic heterocycles. The molecule has 2 aliphatic heterocycles. The van der Waals surface area contributed by atoms with Crippen LogP contribution in [0.5, 0.6) is 11.5 Å². The van der Waals surface area contributed by atoms with Gasteiger partial charge in [0.25, 0.3) is 0 Å². The number of ether oxygens (including phenoxy) is 3. The smallest absolute Gasteiger partial charge is 0.179 e. The van der Waals surface area contributed by atoms with Gasteiger partial charge >= 0.3 is 0 Å². The van der Waals surface area contributed by atoms with E-state index >= 15 is 0 Å². The van der Waals surface area contributed by atoms with E-state index in [1.807, 2.05) is 6.07 Å². The zero-order valence-electron chi connectivity index (χ0n) is 13.1. The number of hydrogen-bond donors (Lipinski definition) is 0. The van der Waals surface area contributed by atoms with Crippen molar-refractivity contribution in [1.82, 2.24) is 4.90 Å². The molecule has 122 valence electrons. The lowest BCUT2D eigenvalue weighted by molar-refractivity contribution is 0.174. The van der Waals surface area contributed by atoms with Gasteiger partial charge in [-0.25, -0.2) is 0 Å². The number of halogens is 1. The van der Waals surface area contributed by atoms with Gasteiger partial charge in [0.15, 0.2) is 11.5 Å². The highest BCUT2D eigenvalue weighted by Crippen LogP contribution is 2.38. The largest absolute Gasteiger partial charge is 0.489 e. The van der Waals surface area contributed by atoms with Crippen LogP contribution in [0.25, 0.3) is 0 Å². The van der Waals surface area contributed by atoms with Gasteiger partial charge in [-0.2, -0.15) is 0 Å². The van der Waals surface area contributed by atoms with Crippen molar-refractivity contribution >= 4 is 11.6 Å². The van der Waals surface area contributed by atoms with Crippen LogP contribution in [0.1, 0.15) is 18.4 Å². The van der Waals surface area contributed by atoms with E-state index in [1.165, 1.54) is 12.0 Å². The van der Waals surface area contributed by atoms with Crippen molar-refractivity contribution in [3.8, 4) is 11.5 Å². The molecule has 0 radical (unpaired) electrons. The first kappa shape index (κ1) is 15.9. The van der Waals surface area contributed by atoms with E-state index < -0.39 is 0 Å². The van der Waals surface area contributed by atoms with E-state index in [4.69, 9.17) is 25.8 Å². The molecular weight excluding hydrogens is 302 g/mol. The molecule has 5 heteroatoms. The summed E-state index contributed by atoms with van der Waals surface area (Å²) in [6.45, 7) is 5.27. The minimum Gasteiger partial charge on any atom is -0.489 e. The van der Waals surface area contributed by atoms with Crippen LogP contribution < -0.4 is 9.47 Å². The van der Waals surface area contributed by atoms with Gasteiger partial charge < -0.3 is 19.1 Å². The van der Waals surface area contributed by atoms with Gasteiger partial charge in [0.1, 0.15) is 0 Å². The molecule has 0 spiro atoms. The van der Waals surface area contributed by atoms with Gasteiger partial charge in [0, 0.05) is 26.1 Å². The molecule has 2 aliphatic rings. The standard InChI is InChI=1S/C17H24ClNO3/c1-19(11-14-4-8-20-12-14)5-3-13-9-15(18)17-16(10-13)21-6-2-7-22-17/h9-10,14H,2-8,11-12H2,1H3/t14-/m0/s1. The third kappa shape index (κ3) is 4.06. The summed E-state index contributed by atoms with van der Waals surface area (Å²) in [5, 5.41) is 0.654. The molecule has 0 N–H and O–H groups in total. The van der Waals surface area contributed by atoms with Crippen molar-refractivity contribution in [3.63, 3.8) is 0 Å². The molecule has 3 rings (SSSR count). The van der Waals surface area contributed by atoms with Gasteiger partial charge in [-0.3, -0.25) is 0 Å². The monoisotopic (exact) mass is 325 g/mol. The summed E-state index contributed by atoms with van der Waals surface area (Å²) >= 11 is 6.34. The molecule has 0 saturated carbocycles. The molecule has 0 unspecified atom stereocenters. The number of fused-ring (bicyclic) bond motifs is 1. The number of benzene rings is 1. The topological polar surface area (TPSA) is 30.9 Å². The molecule has 1 saturated heterocycles. The van der Waals surface area contributed by atoms with Gasteiger partial charge in [-0.1, -0.05) is 11.6 Å². The number of likely N-dealkylation sites (N-methyl/N-ethyl adjacent to an activating group) is 1. The quantitative estimate of drug-likeness (QED) is 0.832. The summed E-state index contributed by atoms with van der Waals surface area (Å²) in [6, 6.07) is 4.07. The van der Waals surface area contributed by atoms with Crippen molar-refractivity contribution in [2.24, 2.45) is 5.92 Å². The summed E-state index contributed by atoms with van der Waals surface area (Å²) < 4.78 is 16.8. The van der Waals surface area contributed by atoms with E-state index in [2.05, 4.69) is 18.0 Å². The van der Waals surface area contributed by atoms with Crippen LogP contribution >= 0.6 is 11.6 Å². The maximum atomic E-state index is 6.34. The van der Waals surface area contributed by atoms with Crippen LogP contribution in [0.4, 0.5) is 0 Å². The Morgan fingerprint density at radius 1 is 1.23 bits per heavy atom. The Hall–Kier alpha value is -0.970. The van der Waals surface area contributed by atoms with E-state index in [1.54, 1.807) is 0 Å². The molecule has 1 fully saturated rings. The normalized spacial score (nSPS) is 21.1. The summed E-state index contributed by atoms with van der Waals surface area (Å²) in [4.78, 5) is 2.37. The zero-order valence-corrected chi connectivity index (χ0v) is 13.9. The molecule has 4 nitrogen and oxygen atoms in total. The third-order valence-electron chi connectivity index (χ3n) is 4.24. The van der Waals surface area contributed by atoms with Crippen molar-refractivity contribution < 1.29 is 14.2 Å². The maximum Gasteiger partial charge on any atom is 0.179 e. The second kappa shape index (κ2) is 7.53. The molecular formula is C17H24ClNO3. The lowest BCUT2D eigenvalue weighted by Gasteiger charge is -2.20. The van der Waals surface area contributed by atoms with Gasteiger partial charge in [0.2, 0.25) is 0 Å². The minimum atomic E-state index is 0.654. The Bertz CT molecular complexity index is 503. The van der Waals surface area contributed by atoms with Crippen LogP contribution in [-0.4, -0.2) is 51.5 Å². The number of nitrogens with zero attached hydrogens (tertiary/aromatic N) is 1. The molecule has 0 bridgehead atoms. The SMILES string of the molecule is CN(CCc1cc(Cl)c2c(c1)OCCCO2)C[C@@H]1CCOC1. The Morgan fingerprint density at radius 3 is 2.91 bits per heavy atom. The predicted octanol–water partition coefficient (Wildman–Crippen LogP) is 3.01. The predicted molar refractivity (Wildman–Crippen MR) is 87.2 cm³/mol. The molecule has 0 amide bonds. The number of rotatable bonds is 5. The Labute approximate surface area is 137 Å². The second-order valence-electron chi connectivity index (χ2n) is 6.20. The van der Waals surface area contributed by atoms with E-state index in [0.717, 1.165) is 44.9 Å². The lowest BCUT2D eigenvalue weighted by atomic mass is 10.1. The van der Waals surface area contributed by atoms with Crippen LogP contribution in [-0.2, 0) is 11.2 Å². The van der Waals surface area contributed by atoms with E-state index in [9.17, 15) is 0 Å². The first-order valence-corrected chi connectivity index (χ1v) is 8.44. The van der Waals surface area contributed by atoms with Crippen LogP contribution in [0.3, 0.4) is 0 Å². The Kier molecular flexibility index (Phi) is 5.45. The van der Waals surface area contributed by atoms with Gasteiger partial charge in [0.05, 0.1) is 24.8 Å². The van der Waals surface area contributed by atoms with Crippen molar-refractivity contribution in [3.05, 3.63) is 22.7 Å².